The van der Waals surface area contributed by atoms with Crippen LogP contribution >= 0.6 is 0 Å². The Morgan fingerprint density at radius 1 is 1.44 bits per heavy atom. The van der Waals surface area contributed by atoms with E-state index in [1.807, 2.05) is 18.2 Å². The van der Waals surface area contributed by atoms with E-state index in [-0.39, 0.29) is 5.69 Å². The highest BCUT2D eigenvalue weighted by atomic mass is 16.5. The lowest BCUT2D eigenvalue weighted by atomic mass is 10.1. The summed E-state index contributed by atoms with van der Waals surface area (Å²) in [5.41, 5.74) is 0.889. The lowest BCUT2D eigenvalue weighted by Gasteiger charge is -2.03. The van der Waals surface area contributed by atoms with Gasteiger partial charge in [-0.1, -0.05) is 12.1 Å². The summed E-state index contributed by atoms with van der Waals surface area (Å²) in [5, 5.41) is 0. The zero-order valence-corrected chi connectivity index (χ0v) is 10.2. The third kappa shape index (κ3) is 2.34. The largest absolute Gasteiger partial charge is 0.497 e. The Bertz CT molecular complexity index is 547. The summed E-state index contributed by atoms with van der Waals surface area (Å²) in [6, 6.07) is 7.20. The minimum Gasteiger partial charge on any atom is -0.497 e. The molecular formula is C13H13NO4. The van der Waals surface area contributed by atoms with E-state index in [2.05, 4.69) is 4.98 Å². The van der Waals surface area contributed by atoms with Crippen molar-refractivity contribution in [1.29, 1.82) is 0 Å². The highest BCUT2D eigenvalue weighted by molar-refractivity contribution is 5.93. The van der Waals surface area contributed by atoms with E-state index in [1.165, 1.54) is 6.39 Å². The summed E-state index contributed by atoms with van der Waals surface area (Å²) in [7, 11) is 1.58. The molecule has 0 spiro atoms. The quantitative estimate of drug-likeness (QED) is 0.777. The van der Waals surface area contributed by atoms with Crippen LogP contribution in [0, 0.1) is 0 Å². The van der Waals surface area contributed by atoms with Crippen LogP contribution < -0.4 is 4.74 Å². The maximum atomic E-state index is 11.7. The first-order chi connectivity index (χ1) is 8.76. The molecule has 5 heteroatoms. The first-order valence-corrected chi connectivity index (χ1v) is 5.51. The molecule has 0 saturated heterocycles. The SMILES string of the molecule is CCOC(=O)c1ncoc1-c1cccc(OC)c1. The van der Waals surface area contributed by atoms with Crippen LogP contribution in [0.5, 0.6) is 5.75 Å². The van der Waals surface area contributed by atoms with Crippen molar-refractivity contribution in [2.75, 3.05) is 13.7 Å². The Hall–Kier alpha value is -2.30. The van der Waals surface area contributed by atoms with Crippen molar-refractivity contribution < 1.29 is 18.7 Å². The fourth-order valence-corrected chi connectivity index (χ4v) is 1.56. The number of oxazole rings is 1. The van der Waals surface area contributed by atoms with Gasteiger partial charge in [0.2, 0.25) is 0 Å². The Morgan fingerprint density at radius 3 is 3.00 bits per heavy atom. The summed E-state index contributed by atoms with van der Waals surface area (Å²) in [5.74, 6) is 0.565. The fourth-order valence-electron chi connectivity index (χ4n) is 1.56. The molecule has 0 aliphatic heterocycles. The van der Waals surface area contributed by atoms with Gasteiger partial charge < -0.3 is 13.9 Å². The molecule has 94 valence electrons. The first kappa shape index (κ1) is 12.2. The van der Waals surface area contributed by atoms with Gasteiger partial charge in [0.15, 0.2) is 17.8 Å². The van der Waals surface area contributed by atoms with Crippen LogP contribution in [0.1, 0.15) is 17.4 Å². The second-order valence-electron chi connectivity index (χ2n) is 3.48. The molecular weight excluding hydrogens is 234 g/mol. The Morgan fingerprint density at radius 2 is 2.28 bits per heavy atom. The number of aromatic nitrogens is 1. The minimum absolute atomic E-state index is 0.171. The van der Waals surface area contributed by atoms with Gasteiger partial charge in [-0.15, -0.1) is 0 Å². The van der Waals surface area contributed by atoms with E-state index in [4.69, 9.17) is 13.9 Å². The van der Waals surface area contributed by atoms with E-state index in [0.29, 0.717) is 18.1 Å². The number of carbonyl (C=O) groups excluding carboxylic acids is 1. The zero-order chi connectivity index (χ0) is 13.0. The predicted octanol–water partition coefficient (Wildman–Crippen LogP) is 2.53. The van der Waals surface area contributed by atoms with Crippen LogP contribution in [0.15, 0.2) is 35.1 Å². The molecule has 0 N–H and O–H groups in total. The molecule has 0 amide bonds. The molecule has 0 aliphatic carbocycles. The topological polar surface area (TPSA) is 61.6 Å². The van der Waals surface area contributed by atoms with Crippen LogP contribution in [0.3, 0.4) is 0 Å². The van der Waals surface area contributed by atoms with Gasteiger partial charge >= 0.3 is 5.97 Å². The van der Waals surface area contributed by atoms with Gasteiger partial charge in [0, 0.05) is 5.56 Å². The highest BCUT2D eigenvalue weighted by Gasteiger charge is 2.19. The summed E-state index contributed by atoms with van der Waals surface area (Å²) in [4.78, 5) is 15.6. The maximum Gasteiger partial charge on any atom is 0.360 e. The number of hydrogen-bond donors (Lipinski definition) is 0. The van der Waals surface area contributed by atoms with Crippen LogP contribution in [0.25, 0.3) is 11.3 Å². The molecule has 0 radical (unpaired) electrons. The van der Waals surface area contributed by atoms with E-state index in [0.717, 1.165) is 5.56 Å². The van der Waals surface area contributed by atoms with Crippen molar-refractivity contribution in [2.45, 2.75) is 6.92 Å². The molecule has 0 bridgehead atoms. The van der Waals surface area contributed by atoms with Crippen LogP contribution in [-0.4, -0.2) is 24.7 Å². The number of ether oxygens (including phenoxy) is 2. The van der Waals surface area contributed by atoms with E-state index < -0.39 is 5.97 Å². The maximum absolute atomic E-state index is 11.7. The number of nitrogens with zero attached hydrogens (tertiary/aromatic N) is 1. The highest BCUT2D eigenvalue weighted by Crippen LogP contribution is 2.26. The van der Waals surface area contributed by atoms with Crippen molar-refractivity contribution >= 4 is 5.97 Å². The molecule has 0 fully saturated rings. The zero-order valence-electron chi connectivity index (χ0n) is 10.2. The lowest BCUT2D eigenvalue weighted by Crippen LogP contribution is -2.06. The Labute approximate surface area is 104 Å². The Kier molecular flexibility index (Phi) is 3.62. The molecule has 0 atom stereocenters. The molecule has 18 heavy (non-hydrogen) atoms. The van der Waals surface area contributed by atoms with Crippen molar-refractivity contribution in [3.05, 3.63) is 36.4 Å². The van der Waals surface area contributed by atoms with Crippen LogP contribution in [0.2, 0.25) is 0 Å². The first-order valence-electron chi connectivity index (χ1n) is 5.51. The lowest BCUT2D eigenvalue weighted by molar-refractivity contribution is 0.0520. The summed E-state index contributed by atoms with van der Waals surface area (Å²) >= 11 is 0. The van der Waals surface area contributed by atoms with Crippen LogP contribution in [0.4, 0.5) is 0 Å². The molecule has 2 aromatic rings. The Balaban J connectivity index is 2.38. The molecule has 0 unspecified atom stereocenters. The number of esters is 1. The van der Waals surface area contributed by atoms with Crippen molar-refractivity contribution in [3.8, 4) is 17.1 Å². The van der Waals surface area contributed by atoms with Gasteiger partial charge in [0.25, 0.3) is 0 Å². The fraction of sp³-hybridized carbons (Fsp3) is 0.231. The number of benzene rings is 1. The molecule has 1 aromatic heterocycles. The number of methoxy groups -OCH3 is 1. The summed E-state index contributed by atoms with van der Waals surface area (Å²) < 4.78 is 15.3. The smallest absolute Gasteiger partial charge is 0.360 e. The molecule has 1 heterocycles. The normalized spacial score (nSPS) is 10.1. The average molecular weight is 247 g/mol. The number of hydrogen-bond acceptors (Lipinski definition) is 5. The van der Waals surface area contributed by atoms with Crippen LogP contribution in [-0.2, 0) is 4.74 Å². The van der Waals surface area contributed by atoms with E-state index in [1.54, 1.807) is 20.1 Å². The van der Waals surface area contributed by atoms with Crippen molar-refractivity contribution in [1.82, 2.24) is 4.98 Å². The molecule has 5 nitrogen and oxygen atoms in total. The van der Waals surface area contributed by atoms with Gasteiger partial charge in [-0.2, -0.15) is 0 Å². The molecule has 2 rings (SSSR count). The third-order valence-corrected chi connectivity index (χ3v) is 2.37. The number of carbonyl (C=O) groups is 1. The second-order valence-corrected chi connectivity index (χ2v) is 3.48. The van der Waals surface area contributed by atoms with E-state index in [9.17, 15) is 4.79 Å². The standard InChI is InChI=1S/C13H13NO4/c1-3-17-13(15)11-12(18-8-14-11)9-5-4-6-10(7-9)16-2/h4-8H,3H2,1-2H3. The van der Waals surface area contributed by atoms with Gasteiger partial charge in [-0.05, 0) is 19.1 Å². The van der Waals surface area contributed by atoms with Gasteiger partial charge in [0.1, 0.15) is 5.75 Å². The van der Waals surface area contributed by atoms with Gasteiger partial charge in [0.05, 0.1) is 13.7 Å². The van der Waals surface area contributed by atoms with E-state index >= 15 is 0 Å². The predicted molar refractivity (Wildman–Crippen MR) is 64.4 cm³/mol. The number of rotatable bonds is 4. The molecule has 0 saturated carbocycles. The van der Waals surface area contributed by atoms with Crippen molar-refractivity contribution in [3.63, 3.8) is 0 Å². The van der Waals surface area contributed by atoms with Gasteiger partial charge in [-0.3, -0.25) is 0 Å². The summed E-state index contributed by atoms with van der Waals surface area (Å²) in [6.07, 6.45) is 1.22. The minimum atomic E-state index is -0.496. The summed E-state index contributed by atoms with van der Waals surface area (Å²) in [6.45, 7) is 2.03. The second kappa shape index (κ2) is 5.35. The monoisotopic (exact) mass is 247 g/mol. The molecule has 1 aromatic carbocycles. The average Bonchev–Trinajstić information content (AvgIpc) is 2.88. The molecule has 0 aliphatic rings. The van der Waals surface area contributed by atoms with Gasteiger partial charge in [-0.25, -0.2) is 9.78 Å². The third-order valence-electron chi connectivity index (χ3n) is 2.37. The van der Waals surface area contributed by atoms with Crippen molar-refractivity contribution in [2.24, 2.45) is 0 Å².